The Hall–Kier alpha value is -0.830. The number of aliphatic hydroxyl groups is 1. The molecule has 0 saturated heterocycles. The molecule has 1 atom stereocenters. The van der Waals surface area contributed by atoms with Crippen LogP contribution in [0, 0.1) is 6.92 Å². The summed E-state index contributed by atoms with van der Waals surface area (Å²) in [6.07, 6.45) is 2.30. The minimum atomic E-state index is -0.238. The number of nitrogens with one attached hydrogen (secondary N) is 1. The summed E-state index contributed by atoms with van der Waals surface area (Å²) in [5, 5.41) is 16.4. The Balaban J connectivity index is 2.41. The van der Waals surface area contributed by atoms with Gasteiger partial charge in [-0.2, -0.15) is 5.10 Å². The maximum Gasteiger partial charge on any atom is 0.0650 e. The van der Waals surface area contributed by atoms with E-state index in [1.165, 1.54) is 0 Å². The van der Waals surface area contributed by atoms with E-state index in [1.807, 2.05) is 13.0 Å². The molecule has 3 nitrogen and oxygen atoms in total. The maximum atomic E-state index is 9.46. The second kappa shape index (κ2) is 4.26. The van der Waals surface area contributed by atoms with E-state index in [9.17, 15) is 5.11 Å². The summed E-state index contributed by atoms with van der Waals surface area (Å²) in [4.78, 5) is 0. The average Bonchev–Trinajstić information content (AvgIpc) is 2.36. The first-order chi connectivity index (χ1) is 5.72. The van der Waals surface area contributed by atoms with Crippen LogP contribution in [0.3, 0.4) is 0 Å². The second-order valence-corrected chi connectivity index (χ2v) is 3.19. The van der Waals surface area contributed by atoms with Crippen molar-refractivity contribution in [3.8, 4) is 0 Å². The van der Waals surface area contributed by atoms with Crippen molar-refractivity contribution in [3.63, 3.8) is 0 Å². The van der Waals surface area contributed by atoms with Gasteiger partial charge in [-0.25, -0.2) is 0 Å². The number of aromatic nitrogens is 2. The Morgan fingerprint density at radius 3 is 2.92 bits per heavy atom. The highest BCUT2D eigenvalue weighted by atomic mass is 16.3. The molecule has 12 heavy (non-hydrogen) atoms. The molecule has 0 spiro atoms. The summed E-state index contributed by atoms with van der Waals surface area (Å²) in [5.41, 5.74) is 2.00. The average molecular weight is 168 g/mol. The lowest BCUT2D eigenvalue weighted by Crippen LogP contribution is -2.09. The molecule has 0 amide bonds. The fourth-order valence-corrected chi connectivity index (χ4v) is 1.26. The zero-order valence-electron chi connectivity index (χ0n) is 7.67. The molecule has 1 heterocycles. The van der Waals surface area contributed by atoms with E-state index in [2.05, 4.69) is 17.1 Å². The van der Waals surface area contributed by atoms with Crippen LogP contribution in [0.15, 0.2) is 6.07 Å². The molecule has 0 fully saturated rings. The molecule has 0 aliphatic heterocycles. The van der Waals surface area contributed by atoms with Crippen LogP contribution in [-0.4, -0.2) is 21.4 Å². The van der Waals surface area contributed by atoms with E-state index >= 15 is 0 Å². The van der Waals surface area contributed by atoms with Gasteiger partial charge < -0.3 is 5.11 Å². The van der Waals surface area contributed by atoms with E-state index < -0.39 is 0 Å². The fraction of sp³-hybridized carbons (Fsp3) is 0.667. The van der Waals surface area contributed by atoms with Gasteiger partial charge >= 0.3 is 0 Å². The largest absolute Gasteiger partial charge is 0.393 e. The standard InChI is InChI=1S/C9H16N2O/c1-3-4-9(12)6-8-5-7(2)10-11-8/h5,9,12H,3-4,6H2,1-2H3,(H,10,11). The van der Waals surface area contributed by atoms with Crippen LogP contribution in [-0.2, 0) is 6.42 Å². The van der Waals surface area contributed by atoms with Gasteiger partial charge in [-0.1, -0.05) is 13.3 Å². The van der Waals surface area contributed by atoms with Crippen molar-refractivity contribution in [1.82, 2.24) is 10.2 Å². The molecule has 1 aromatic rings. The summed E-state index contributed by atoms with van der Waals surface area (Å²) in [6.45, 7) is 4.03. The first-order valence-electron chi connectivity index (χ1n) is 4.41. The van der Waals surface area contributed by atoms with Crippen molar-refractivity contribution in [2.45, 2.75) is 39.2 Å². The molecule has 2 N–H and O–H groups in total. The van der Waals surface area contributed by atoms with Gasteiger partial charge in [-0.3, -0.25) is 5.10 Å². The molecule has 0 radical (unpaired) electrons. The van der Waals surface area contributed by atoms with E-state index in [0.29, 0.717) is 6.42 Å². The molecular formula is C9H16N2O. The highest BCUT2D eigenvalue weighted by molar-refractivity contribution is 5.07. The molecule has 0 aliphatic carbocycles. The van der Waals surface area contributed by atoms with Gasteiger partial charge in [0, 0.05) is 12.1 Å². The van der Waals surface area contributed by atoms with Crippen molar-refractivity contribution in [3.05, 3.63) is 17.5 Å². The van der Waals surface area contributed by atoms with Gasteiger partial charge in [-0.15, -0.1) is 0 Å². The lowest BCUT2D eigenvalue weighted by atomic mass is 10.1. The number of H-pyrrole nitrogens is 1. The number of hydrogen-bond donors (Lipinski definition) is 2. The highest BCUT2D eigenvalue weighted by Crippen LogP contribution is 2.05. The Morgan fingerprint density at radius 1 is 1.67 bits per heavy atom. The summed E-state index contributed by atoms with van der Waals surface area (Å²) >= 11 is 0. The maximum absolute atomic E-state index is 9.46. The minimum absolute atomic E-state index is 0.238. The number of aliphatic hydroxyl groups excluding tert-OH is 1. The molecule has 1 unspecified atom stereocenters. The third-order valence-corrected chi connectivity index (χ3v) is 1.83. The molecule has 0 saturated carbocycles. The lowest BCUT2D eigenvalue weighted by Gasteiger charge is -2.05. The topological polar surface area (TPSA) is 48.9 Å². The quantitative estimate of drug-likeness (QED) is 0.714. The molecule has 1 rings (SSSR count). The van der Waals surface area contributed by atoms with E-state index in [4.69, 9.17) is 0 Å². The van der Waals surface area contributed by atoms with E-state index in [1.54, 1.807) is 0 Å². The number of rotatable bonds is 4. The van der Waals surface area contributed by atoms with Crippen LogP contribution in [0.1, 0.15) is 31.2 Å². The van der Waals surface area contributed by atoms with Crippen LogP contribution in [0.25, 0.3) is 0 Å². The number of nitrogens with zero attached hydrogens (tertiary/aromatic N) is 1. The third kappa shape index (κ3) is 2.66. The Morgan fingerprint density at radius 2 is 2.42 bits per heavy atom. The van der Waals surface area contributed by atoms with Gasteiger partial charge in [0.1, 0.15) is 0 Å². The van der Waals surface area contributed by atoms with Crippen molar-refractivity contribution < 1.29 is 5.11 Å². The minimum Gasteiger partial charge on any atom is -0.393 e. The van der Waals surface area contributed by atoms with Gasteiger partial charge in [-0.05, 0) is 19.4 Å². The van der Waals surface area contributed by atoms with E-state index in [-0.39, 0.29) is 6.10 Å². The smallest absolute Gasteiger partial charge is 0.0650 e. The summed E-state index contributed by atoms with van der Waals surface area (Å²) in [7, 11) is 0. The zero-order chi connectivity index (χ0) is 8.97. The summed E-state index contributed by atoms with van der Waals surface area (Å²) in [6, 6.07) is 1.97. The zero-order valence-corrected chi connectivity index (χ0v) is 7.67. The lowest BCUT2D eigenvalue weighted by molar-refractivity contribution is 0.162. The monoisotopic (exact) mass is 168 g/mol. The van der Waals surface area contributed by atoms with Crippen LogP contribution in [0.2, 0.25) is 0 Å². The van der Waals surface area contributed by atoms with Crippen LogP contribution in [0.5, 0.6) is 0 Å². The predicted molar refractivity (Wildman–Crippen MR) is 47.9 cm³/mol. The number of aromatic amines is 1. The molecule has 0 aromatic carbocycles. The third-order valence-electron chi connectivity index (χ3n) is 1.83. The Labute approximate surface area is 72.8 Å². The highest BCUT2D eigenvalue weighted by Gasteiger charge is 2.05. The van der Waals surface area contributed by atoms with Crippen molar-refractivity contribution in [2.75, 3.05) is 0 Å². The molecule has 1 aromatic heterocycles. The van der Waals surface area contributed by atoms with Gasteiger partial charge in [0.2, 0.25) is 0 Å². The fourth-order valence-electron chi connectivity index (χ4n) is 1.26. The van der Waals surface area contributed by atoms with Crippen LogP contribution >= 0.6 is 0 Å². The van der Waals surface area contributed by atoms with Gasteiger partial charge in [0.05, 0.1) is 11.8 Å². The number of hydrogen-bond acceptors (Lipinski definition) is 2. The van der Waals surface area contributed by atoms with E-state index in [0.717, 1.165) is 24.2 Å². The van der Waals surface area contributed by atoms with Crippen molar-refractivity contribution in [2.24, 2.45) is 0 Å². The normalized spacial score (nSPS) is 13.2. The molecule has 3 heteroatoms. The predicted octanol–water partition coefficient (Wildman–Crippen LogP) is 1.42. The second-order valence-electron chi connectivity index (χ2n) is 3.19. The molecule has 68 valence electrons. The van der Waals surface area contributed by atoms with Crippen molar-refractivity contribution in [1.29, 1.82) is 0 Å². The van der Waals surface area contributed by atoms with Crippen molar-refractivity contribution >= 4 is 0 Å². The number of aryl methyl sites for hydroxylation is 1. The van der Waals surface area contributed by atoms with Crippen LogP contribution < -0.4 is 0 Å². The SMILES string of the molecule is CCCC(O)Cc1cc(C)[nH]n1. The van der Waals surface area contributed by atoms with Gasteiger partial charge in [0.25, 0.3) is 0 Å². The summed E-state index contributed by atoms with van der Waals surface area (Å²) in [5.74, 6) is 0. The molecular weight excluding hydrogens is 152 g/mol. The van der Waals surface area contributed by atoms with Crippen LogP contribution in [0.4, 0.5) is 0 Å². The Kier molecular flexibility index (Phi) is 3.29. The first-order valence-corrected chi connectivity index (χ1v) is 4.41. The first kappa shape index (κ1) is 9.26. The molecule has 0 bridgehead atoms. The van der Waals surface area contributed by atoms with Gasteiger partial charge in [0.15, 0.2) is 0 Å². The molecule has 0 aliphatic rings. The Bertz CT molecular complexity index is 232. The summed E-state index contributed by atoms with van der Waals surface area (Å²) < 4.78 is 0.